The molecule has 680 valence electrons. The first kappa shape index (κ1) is 85.6. The van der Waals surface area contributed by atoms with Gasteiger partial charge in [-0.1, -0.05) is 297 Å². The molecule has 0 saturated carbocycles. The van der Waals surface area contributed by atoms with E-state index in [4.69, 9.17) is 10.1 Å². The van der Waals surface area contributed by atoms with E-state index in [9.17, 15) is 0 Å². The van der Waals surface area contributed by atoms with Gasteiger partial charge < -0.3 is 18.3 Å². The average molecular weight is 1850 g/mol. The SMILES string of the molecule is c1ccc(-c2nc(-c3ccccc3)n(-c3ccc(-n4c5ccccc5c5ccccc54)cc3)n2)cc1.c1ccc(-c2nnc(-c3ccc(-n4c5ccccc5c5ccccc54)cc3)n2-c2ccncc2)nc1.c1ccc(-c2nnc(-c3ccccc3)n2-c2ccc(-n3c4ccccc4c4ccccc43)cc2)cc1.c1ccc(-n2c(-c3ccc(-n4c5ccccc5c5ccccc54)cc3)nnc2-c2ccccn2)cc1. The molecule has 0 aliphatic rings. The molecule has 28 rings (SSSR count). The van der Waals surface area contributed by atoms with Crippen LogP contribution in [0.3, 0.4) is 0 Å². The zero-order chi connectivity index (χ0) is 95.6. The van der Waals surface area contributed by atoms with E-state index in [1.807, 2.05) is 161 Å². The maximum absolute atomic E-state index is 4.93. The number of nitrogens with zero attached hydrogens (tertiary/aromatic N) is 19. The first-order chi connectivity index (χ1) is 71.5. The third kappa shape index (κ3) is 15.9. The van der Waals surface area contributed by atoms with Crippen molar-refractivity contribution in [2.45, 2.75) is 0 Å². The molecule has 0 unspecified atom stereocenters. The Morgan fingerprint density at radius 2 is 0.368 bits per heavy atom. The summed E-state index contributed by atoms with van der Waals surface area (Å²) in [6, 6.07) is 169. The Labute approximate surface area is 827 Å². The molecule has 11 heterocycles. The summed E-state index contributed by atoms with van der Waals surface area (Å²) in [6.07, 6.45) is 7.08. The maximum Gasteiger partial charge on any atom is 0.187 e. The van der Waals surface area contributed by atoms with Crippen molar-refractivity contribution >= 4 is 87.2 Å². The van der Waals surface area contributed by atoms with Crippen molar-refractivity contribution in [2.75, 3.05) is 0 Å². The second-order valence-corrected chi connectivity index (χ2v) is 34.8. The van der Waals surface area contributed by atoms with Crippen molar-refractivity contribution in [3.8, 4) is 137 Å². The minimum atomic E-state index is 0.684. The van der Waals surface area contributed by atoms with Crippen molar-refractivity contribution in [1.82, 2.24) is 92.3 Å². The van der Waals surface area contributed by atoms with Crippen molar-refractivity contribution in [3.63, 3.8) is 0 Å². The number of pyridine rings is 3. The average Bonchev–Trinajstić information content (AvgIpc) is 1.60. The molecule has 19 heteroatoms. The third-order valence-electron chi connectivity index (χ3n) is 26.3. The standard InChI is InChI=1S/2C32H22N4.C31H21N5.C30H20N6/c1-3-11-23(12-4-1)31-33-34-32(24-13-5-2-6-14-24)36(31)26-21-19-25(20-22-26)35-29-17-9-7-15-27(29)28-16-8-10-18-30(28)35;1-3-11-23(12-4-1)31-33-32(24-13-5-2-6-14-24)36(34-31)26-21-19-25(20-22-26)35-29-17-9-7-15-27(29)28-16-8-10-18-30(28)35;1-2-10-23(11-3-1)36-30(33-34-31(36)27-14-8-9-21-32-27)22-17-19-24(20-18-22)35-28-15-6-4-12-25(28)26-13-5-7-16-29(26)35;1-3-10-27-24(7-1)25-8-2-4-11-28(25)35(27)22-14-12-21(13-15-22)29-33-34-30(26-9-5-6-18-32-26)36(29)23-16-19-31-20-17-23/h2*1-22H;1-21H;1-20H. The van der Waals surface area contributed by atoms with Crippen LogP contribution < -0.4 is 0 Å². The molecule has 0 amide bonds. The van der Waals surface area contributed by atoms with E-state index in [-0.39, 0.29) is 0 Å². The van der Waals surface area contributed by atoms with Crippen LogP contribution in [0.4, 0.5) is 0 Å². The number of rotatable bonds is 16. The summed E-state index contributed by atoms with van der Waals surface area (Å²) in [7, 11) is 0. The molecule has 0 fully saturated rings. The van der Waals surface area contributed by atoms with Crippen LogP contribution in [0.5, 0.6) is 0 Å². The number of fused-ring (bicyclic) bond motifs is 12. The highest BCUT2D eigenvalue weighted by molar-refractivity contribution is 6.12. The van der Waals surface area contributed by atoms with Gasteiger partial charge in [-0.2, -0.15) is 0 Å². The fourth-order valence-electron chi connectivity index (χ4n) is 19.7. The topological polar surface area (TPSA) is 181 Å². The number of aromatic nitrogens is 19. The molecule has 0 N–H and O–H groups in total. The van der Waals surface area contributed by atoms with Gasteiger partial charge in [-0.3, -0.25) is 28.7 Å². The van der Waals surface area contributed by atoms with Gasteiger partial charge in [0.25, 0.3) is 0 Å². The van der Waals surface area contributed by atoms with Gasteiger partial charge in [0.1, 0.15) is 11.4 Å². The number of hydrogen-bond acceptors (Lipinski definition) is 11. The summed E-state index contributed by atoms with van der Waals surface area (Å²) in [4.78, 5) is 18.1. The molecular weight excluding hydrogens is 1770 g/mol. The van der Waals surface area contributed by atoms with Gasteiger partial charge in [0.2, 0.25) is 0 Å². The molecule has 0 aliphatic carbocycles. The molecule has 11 aromatic heterocycles. The van der Waals surface area contributed by atoms with Crippen LogP contribution in [-0.4, -0.2) is 92.3 Å². The second kappa shape index (κ2) is 37.8. The first-order valence-corrected chi connectivity index (χ1v) is 47.7. The summed E-state index contributed by atoms with van der Waals surface area (Å²) in [5, 5.41) is 42.4. The first-order valence-electron chi connectivity index (χ1n) is 47.7. The zero-order valence-corrected chi connectivity index (χ0v) is 77.6. The molecule has 144 heavy (non-hydrogen) atoms. The summed E-state index contributed by atoms with van der Waals surface area (Å²) in [6.45, 7) is 0. The lowest BCUT2D eigenvalue weighted by Gasteiger charge is -2.13. The summed E-state index contributed by atoms with van der Waals surface area (Å²) < 4.78 is 17.4. The molecule has 0 bridgehead atoms. The largest absolute Gasteiger partial charge is 0.309 e. The Bertz CT molecular complexity index is 8640. The minimum Gasteiger partial charge on any atom is -0.309 e. The zero-order valence-electron chi connectivity index (χ0n) is 77.6. The highest BCUT2D eigenvalue weighted by atomic mass is 15.4. The normalized spacial score (nSPS) is 11.3. The van der Waals surface area contributed by atoms with E-state index in [1.165, 1.54) is 87.2 Å². The lowest BCUT2D eigenvalue weighted by atomic mass is 10.1. The predicted molar refractivity (Wildman–Crippen MR) is 580 cm³/mol. The van der Waals surface area contributed by atoms with Crippen LogP contribution in [-0.2, 0) is 0 Å². The van der Waals surface area contributed by atoms with Crippen LogP contribution in [0, 0.1) is 0 Å². The molecule has 0 spiro atoms. The lowest BCUT2D eigenvalue weighted by molar-refractivity contribution is 0.889. The molecule has 28 aromatic rings. The Kier molecular flexibility index (Phi) is 22.5. The van der Waals surface area contributed by atoms with Gasteiger partial charge in [-0.25, -0.2) is 9.67 Å². The predicted octanol–water partition coefficient (Wildman–Crippen LogP) is 29.0. The van der Waals surface area contributed by atoms with Crippen LogP contribution in [0.15, 0.2) is 516 Å². The minimum absolute atomic E-state index is 0.684. The maximum atomic E-state index is 4.93. The van der Waals surface area contributed by atoms with Crippen molar-refractivity contribution < 1.29 is 0 Å². The summed E-state index contributed by atoms with van der Waals surface area (Å²) in [5.74, 6) is 6.08. The van der Waals surface area contributed by atoms with Gasteiger partial charge in [-0.15, -0.1) is 35.7 Å². The Hall–Kier alpha value is -20.1. The number of benzene rings is 17. The third-order valence-corrected chi connectivity index (χ3v) is 26.3. The fraction of sp³-hybridized carbons (Fsp3) is 0. The lowest BCUT2D eigenvalue weighted by Crippen LogP contribution is -2.01. The Morgan fingerprint density at radius 1 is 0.146 bits per heavy atom. The van der Waals surface area contributed by atoms with Gasteiger partial charge in [0, 0.05) is 135 Å². The highest BCUT2D eigenvalue weighted by Gasteiger charge is 2.26. The van der Waals surface area contributed by atoms with E-state index < -0.39 is 0 Å². The molecule has 0 atom stereocenters. The van der Waals surface area contributed by atoms with E-state index >= 15 is 0 Å². The van der Waals surface area contributed by atoms with Crippen molar-refractivity contribution in [3.05, 3.63) is 516 Å². The Balaban J connectivity index is 0.000000101. The van der Waals surface area contributed by atoms with Crippen LogP contribution in [0.1, 0.15) is 0 Å². The van der Waals surface area contributed by atoms with E-state index in [1.54, 1.807) is 24.8 Å². The Morgan fingerprint density at radius 3 is 0.674 bits per heavy atom. The molecule has 19 nitrogen and oxygen atoms in total. The number of para-hydroxylation sites is 9. The van der Waals surface area contributed by atoms with Crippen molar-refractivity contribution in [1.29, 1.82) is 0 Å². The van der Waals surface area contributed by atoms with Crippen molar-refractivity contribution in [2.24, 2.45) is 0 Å². The van der Waals surface area contributed by atoms with Gasteiger partial charge in [0.15, 0.2) is 46.6 Å². The fourth-order valence-corrected chi connectivity index (χ4v) is 19.7. The molecule has 0 saturated heterocycles. The molecular formula is C125H85N19. The highest BCUT2D eigenvalue weighted by Crippen LogP contribution is 2.41. The smallest absolute Gasteiger partial charge is 0.187 e. The number of hydrogen-bond donors (Lipinski definition) is 0. The van der Waals surface area contributed by atoms with E-state index in [0.29, 0.717) is 17.5 Å². The van der Waals surface area contributed by atoms with Crippen LogP contribution in [0.25, 0.3) is 224 Å². The van der Waals surface area contributed by atoms with Gasteiger partial charge in [0.05, 0.1) is 55.5 Å². The molecule has 17 aromatic carbocycles. The van der Waals surface area contributed by atoms with Gasteiger partial charge in [-0.05, 0) is 194 Å². The molecule has 0 aliphatic heterocycles. The molecule has 0 radical (unpaired) electrons. The quantitative estimate of drug-likeness (QED) is 0.0898. The monoisotopic (exact) mass is 1850 g/mol. The van der Waals surface area contributed by atoms with E-state index in [0.717, 1.165) is 119 Å². The summed E-state index contributed by atoms with van der Waals surface area (Å²) in [5.41, 5.74) is 25.4. The van der Waals surface area contributed by atoms with Gasteiger partial charge >= 0.3 is 0 Å². The second-order valence-electron chi connectivity index (χ2n) is 34.8. The summed E-state index contributed by atoms with van der Waals surface area (Å²) >= 11 is 0. The van der Waals surface area contributed by atoms with E-state index in [2.05, 4.69) is 413 Å². The van der Waals surface area contributed by atoms with Crippen LogP contribution >= 0.6 is 0 Å². The van der Waals surface area contributed by atoms with Crippen LogP contribution in [0.2, 0.25) is 0 Å².